The second kappa shape index (κ2) is 8.98. The van der Waals surface area contributed by atoms with Crippen LogP contribution in [0.4, 0.5) is 17.6 Å². The van der Waals surface area contributed by atoms with E-state index in [2.05, 4.69) is 40.3 Å². The molecule has 4 heterocycles. The first-order chi connectivity index (χ1) is 14.1. The average molecular weight is 415 g/mol. The Hall–Kier alpha value is -2.35. The molecule has 4 rings (SSSR count). The first-order valence-electron chi connectivity index (χ1n) is 10.5. The number of nitrogens with zero attached hydrogens (tertiary/aromatic N) is 4. The maximum Gasteiger partial charge on any atom is 0.232 e. The number of anilines is 3. The molecule has 0 bridgehead atoms. The van der Waals surface area contributed by atoms with E-state index in [1.807, 2.05) is 12.1 Å². The summed E-state index contributed by atoms with van der Waals surface area (Å²) >= 11 is 5.45. The summed E-state index contributed by atoms with van der Waals surface area (Å²) in [6.45, 7) is 9.31. The molecular formula is C21H30N6OS. The Morgan fingerprint density at radius 2 is 1.83 bits per heavy atom. The van der Waals surface area contributed by atoms with Crippen molar-refractivity contribution in [1.82, 2.24) is 15.3 Å². The maximum atomic E-state index is 5.45. The molecule has 2 aromatic rings. The number of nitrogens with one attached hydrogen (secondary N) is 2. The Balaban J connectivity index is 1.51. The van der Waals surface area contributed by atoms with Crippen LogP contribution in [-0.2, 0) is 6.54 Å². The van der Waals surface area contributed by atoms with E-state index in [4.69, 9.17) is 26.6 Å². The van der Waals surface area contributed by atoms with E-state index in [0.717, 1.165) is 43.6 Å². The van der Waals surface area contributed by atoms with Gasteiger partial charge in [0.25, 0.3) is 0 Å². The summed E-state index contributed by atoms with van der Waals surface area (Å²) in [7, 11) is 0. The van der Waals surface area contributed by atoms with Crippen LogP contribution < -0.4 is 20.4 Å². The summed E-state index contributed by atoms with van der Waals surface area (Å²) in [5.41, 5.74) is 0. The van der Waals surface area contributed by atoms with Crippen LogP contribution >= 0.6 is 12.2 Å². The molecule has 0 amide bonds. The monoisotopic (exact) mass is 414 g/mol. The lowest BCUT2D eigenvalue weighted by Gasteiger charge is -2.36. The van der Waals surface area contributed by atoms with Crippen molar-refractivity contribution in [3.8, 4) is 0 Å². The molecule has 2 aliphatic rings. The minimum atomic E-state index is 0.492. The van der Waals surface area contributed by atoms with Crippen LogP contribution in [0.2, 0.25) is 0 Å². The van der Waals surface area contributed by atoms with Gasteiger partial charge in [-0.25, -0.2) is 0 Å². The Morgan fingerprint density at radius 3 is 2.48 bits per heavy atom. The van der Waals surface area contributed by atoms with E-state index in [0.29, 0.717) is 29.4 Å². The zero-order valence-corrected chi connectivity index (χ0v) is 18.0. The van der Waals surface area contributed by atoms with Gasteiger partial charge in [-0.3, -0.25) is 0 Å². The Morgan fingerprint density at radius 1 is 1.14 bits per heavy atom. The van der Waals surface area contributed by atoms with E-state index in [-0.39, 0.29) is 0 Å². The number of rotatable bonds is 5. The van der Waals surface area contributed by atoms with Gasteiger partial charge in [0, 0.05) is 32.2 Å². The number of hydrogen-bond donors (Lipinski definition) is 2. The fourth-order valence-corrected chi connectivity index (χ4v) is 4.49. The highest BCUT2D eigenvalue weighted by Gasteiger charge is 2.25. The van der Waals surface area contributed by atoms with Crippen molar-refractivity contribution >= 4 is 34.9 Å². The highest BCUT2D eigenvalue weighted by Crippen LogP contribution is 2.29. The molecule has 7 nitrogen and oxygen atoms in total. The molecule has 0 spiro atoms. The molecule has 2 atom stereocenters. The number of hydrogen-bond acceptors (Lipinski definition) is 6. The normalized spacial score (nSPS) is 22.0. The maximum absolute atomic E-state index is 5.45. The van der Waals surface area contributed by atoms with Gasteiger partial charge in [-0.1, -0.05) is 13.8 Å². The smallest absolute Gasteiger partial charge is 0.232 e. The number of furan rings is 1. The quantitative estimate of drug-likeness (QED) is 0.719. The zero-order chi connectivity index (χ0) is 20.2. The highest BCUT2D eigenvalue weighted by molar-refractivity contribution is 7.80. The molecule has 2 aromatic heterocycles. The van der Waals surface area contributed by atoms with Gasteiger partial charge < -0.3 is 24.9 Å². The number of aromatic nitrogens is 2. The van der Waals surface area contributed by atoms with E-state index in [1.54, 1.807) is 6.26 Å². The molecule has 29 heavy (non-hydrogen) atoms. The summed E-state index contributed by atoms with van der Waals surface area (Å²) < 4.78 is 5.34. The van der Waals surface area contributed by atoms with E-state index >= 15 is 0 Å². The lowest BCUT2D eigenvalue weighted by atomic mass is 9.92. The second-order valence-electron chi connectivity index (χ2n) is 8.34. The minimum absolute atomic E-state index is 0.492. The molecule has 0 saturated carbocycles. The number of piperidine rings is 1. The van der Waals surface area contributed by atoms with Crippen LogP contribution in [0.25, 0.3) is 0 Å². The molecule has 0 aliphatic carbocycles. The van der Waals surface area contributed by atoms with Gasteiger partial charge in [0.1, 0.15) is 17.4 Å². The van der Waals surface area contributed by atoms with Crippen molar-refractivity contribution in [3.05, 3.63) is 30.2 Å². The predicted octanol–water partition coefficient (Wildman–Crippen LogP) is 3.64. The third kappa shape index (κ3) is 5.18. The van der Waals surface area contributed by atoms with Gasteiger partial charge in [-0.15, -0.1) is 0 Å². The fraction of sp³-hybridized carbons (Fsp3) is 0.571. The minimum Gasteiger partial charge on any atom is -0.467 e. The molecule has 0 radical (unpaired) electrons. The van der Waals surface area contributed by atoms with Crippen LogP contribution in [0.15, 0.2) is 28.9 Å². The van der Waals surface area contributed by atoms with Crippen molar-refractivity contribution in [1.29, 1.82) is 0 Å². The van der Waals surface area contributed by atoms with Gasteiger partial charge in [0.15, 0.2) is 5.11 Å². The molecule has 8 heteroatoms. The molecule has 2 aliphatic heterocycles. The molecule has 156 valence electrons. The average Bonchev–Trinajstić information content (AvgIpc) is 3.39. The van der Waals surface area contributed by atoms with Gasteiger partial charge in [-0.2, -0.15) is 9.97 Å². The van der Waals surface area contributed by atoms with Crippen LogP contribution in [0, 0.1) is 11.8 Å². The van der Waals surface area contributed by atoms with Crippen molar-refractivity contribution in [2.75, 3.05) is 41.3 Å². The standard InChI is InChI=1S/C21H30N6OS/c1-15-10-16(2)14-27(13-15)19-11-18(26-7-3-4-8-26)23-20(24-19)25-21(29)22-12-17-6-5-9-28-17/h5-6,9,11,15-16H,3-4,7-8,10,12-14H2,1-2H3,(H2,22,23,24,25,29)/t15-,16+. The highest BCUT2D eigenvalue weighted by atomic mass is 32.1. The van der Waals surface area contributed by atoms with E-state index in [9.17, 15) is 0 Å². The lowest BCUT2D eigenvalue weighted by Crippen LogP contribution is -2.39. The first kappa shape index (κ1) is 19.9. The largest absolute Gasteiger partial charge is 0.467 e. The van der Waals surface area contributed by atoms with Gasteiger partial charge >= 0.3 is 0 Å². The van der Waals surface area contributed by atoms with Crippen LogP contribution in [0.1, 0.15) is 38.9 Å². The predicted molar refractivity (Wildman–Crippen MR) is 120 cm³/mol. The Bertz CT molecular complexity index is 811. The van der Waals surface area contributed by atoms with Crippen LogP contribution in [0.5, 0.6) is 0 Å². The van der Waals surface area contributed by atoms with Crippen LogP contribution in [-0.4, -0.2) is 41.3 Å². The van der Waals surface area contributed by atoms with Gasteiger partial charge in [0.05, 0.1) is 12.8 Å². The van der Waals surface area contributed by atoms with Gasteiger partial charge in [0.2, 0.25) is 5.95 Å². The summed E-state index contributed by atoms with van der Waals surface area (Å²) in [4.78, 5) is 14.3. The Kier molecular flexibility index (Phi) is 6.18. The van der Waals surface area contributed by atoms with Crippen molar-refractivity contribution in [2.24, 2.45) is 11.8 Å². The molecule has 2 fully saturated rings. The van der Waals surface area contributed by atoms with Crippen molar-refractivity contribution in [2.45, 2.75) is 39.7 Å². The summed E-state index contributed by atoms with van der Waals surface area (Å²) in [6.07, 6.45) is 5.35. The zero-order valence-electron chi connectivity index (χ0n) is 17.2. The molecular weight excluding hydrogens is 384 g/mol. The lowest BCUT2D eigenvalue weighted by molar-refractivity contribution is 0.355. The summed E-state index contributed by atoms with van der Waals surface area (Å²) in [5.74, 6) is 4.67. The summed E-state index contributed by atoms with van der Waals surface area (Å²) in [6, 6.07) is 5.92. The SMILES string of the molecule is C[C@@H]1C[C@H](C)CN(c2cc(N3CCCC3)nc(NC(=S)NCc3ccco3)n2)C1. The topological polar surface area (TPSA) is 69.5 Å². The molecule has 2 saturated heterocycles. The molecule has 0 aromatic carbocycles. The third-order valence-corrected chi connectivity index (χ3v) is 5.80. The number of thiocarbonyl (C=S) groups is 1. The first-order valence-corrected chi connectivity index (χ1v) is 10.9. The summed E-state index contributed by atoms with van der Waals surface area (Å²) in [5, 5.41) is 6.82. The molecule has 2 N–H and O–H groups in total. The Labute approximate surface area is 177 Å². The van der Waals surface area contributed by atoms with Crippen molar-refractivity contribution in [3.63, 3.8) is 0 Å². The van der Waals surface area contributed by atoms with E-state index in [1.165, 1.54) is 19.3 Å². The third-order valence-electron chi connectivity index (χ3n) is 5.55. The fourth-order valence-electron chi connectivity index (χ4n) is 4.32. The van der Waals surface area contributed by atoms with E-state index < -0.39 is 0 Å². The molecule has 0 unspecified atom stereocenters. The van der Waals surface area contributed by atoms with Gasteiger partial charge in [-0.05, 0) is 55.4 Å². The van der Waals surface area contributed by atoms with Crippen molar-refractivity contribution < 1.29 is 4.42 Å². The van der Waals surface area contributed by atoms with Crippen LogP contribution in [0.3, 0.4) is 0 Å². The second-order valence-corrected chi connectivity index (χ2v) is 8.75.